The molecule has 1 aliphatic heterocycles. The number of hydrogen-bond donors (Lipinski definition) is 0. The Labute approximate surface area is 236 Å². The Bertz CT molecular complexity index is 1670. The third-order valence-electron chi connectivity index (χ3n) is 5.72. The summed E-state index contributed by atoms with van der Waals surface area (Å²) in [5.74, 6) is -0.0997. The quantitative estimate of drug-likeness (QED) is 0.134. The van der Waals surface area contributed by atoms with E-state index >= 15 is 0 Å². The van der Waals surface area contributed by atoms with Gasteiger partial charge in [-0.15, -0.1) is 11.3 Å². The number of nitrogens with zero attached hydrogens (tertiary/aromatic N) is 1. The van der Waals surface area contributed by atoms with E-state index < -0.39 is 11.9 Å². The molecule has 4 aromatic rings. The van der Waals surface area contributed by atoms with Crippen molar-refractivity contribution in [1.82, 2.24) is 0 Å². The number of thiophene rings is 1. The second kappa shape index (κ2) is 11.0. The van der Waals surface area contributed by atoms with Crippen LogP contribution < -0.4 is 18.9 Å². The van der Waals surface area contributed by atoms with E-state index in [4.69, 9.17) is 46.9 Å². The fraction of sp³-hybridized carbons (Fsp3) is 0.107. The molecule has 0 aliphatic carbocycles. The molecule has 39 heavy (non-hydrogen) atoms. The zero-order valence-corrected chi connectivity index (χ0v) is 23.1. The van der Waals surface area contributed by atoms with Gasteiger partial charge in [-0.2, -0.15) is 0 Å². The van der Waals surface area contributed by atoms with Gasteiger partial charge in [0.2, 0.25) is 11.6 Å². The molecule has 0 atom stereocenters. The van der Waals surface area contributed by atoms with Crippen LogP contribution >= 0.6 is 34.5 Å². The van der Waals surface area contributed by atoms with E-state index in [1.165, 1.54) is 50.9 Å². The van der Waals surface area contributed by atoms with Gasteiger partial charge in [0.05, 0.1) is 31.9 Å². The predicted molar refractivity (Wildman–Crippen MR) is 150 cm³/mol. The molecule has 1 aliphatic rings. The van der Waals surface area contributed by atoms with E-state index in [2.05, 4.69) is 4.99 Å². The summed E-state index contributed by atoms with van der Waals surface area (Å²) >= 11 is 13.9. The Morgan fingerprint density at radius 1 is 0.949 bits per heavy atom. The van der Waals surface area contributed by atoms with Crippen LogP contribution in [0.4, 0.5) is 0 Å². The lowest BCUT2D eigenvalue weighted by molar-refractivity contribution is -0.129. The molecule has 0 saturated heterocycles. The van der Waals surface area contributed by atoms with Gasteiger partial charge >= 0.3 is 11.9 Å². The Hall–Kier alpha value is -4.05. The van der Waals surface area contributed by atoms with Crippen molar-refractivity contribution in [3.05, 3.63) is 86.3 Å². The van der Waals surface area contributed by atoms with Crippen molar-refractivity contribution < 1.29 is 33.3 Å². The Kier molecular flexibility index (Phi) is 7.47. The molecule has 0 amide bonds. The van der Waals surface area contributed by atoms with Crippen molar-refractivity contribution in [3.63, 3.8) is 0 Å². The highest BCUT2D eigenvalue weighted by molar-refractivity contribution is 7.21. The van der Waals surface area contributed by atoms with Gasteiger partial charge in [-0.05, 0) is 36.4 Å². The first-order chi connectivity index (χ1) is 18.8. The SMILES string of the molecule is COc1cc(C(=O)Oc2ccccc2/C=C2/N=C(c3sc4cc(Cl)ccc4c3Cl)OC2=O)cc(OC)c1OC. The summed E-state index contributed by atoms with van der Waals surface area (Å²) in [4.78, 5) is 30.6. The van der Waals surface area contributed by atoms with Crippen molar-refractivity contribution in [2.75, 3.05) is 21.3 Å². The summed E-state index contributed by atoms with van der Waals surface area (Å²) in [6.07, 6.45) is 1.48. The number of rotatable bonds is 7. The smallest absolute Gasteiger partial charge is 0.363 e. The number of para-hydroxylation sites is 1. The molecule has 0 saturated carbocycles. The Morgan fingerprint density at radius 2 is 1.67 bits per heavy atom. The van der Waals surface area contributed by atoms with Gasteiger partial charge in [0, 0.05) is 20.7 Å². The number of carbonyl (C=O) groups is 2. The fourth-order valence-corrected chi connectivity index (χ4v) is 5.59. The van der Waals surface area contributed by atoms with Gasteiger partial charge in [-0.25, -0.2) is 14.6 Å². The normalized spacial score (nSPS) is 13.8. The lowest BCUT2D eigenvalue weighted by atomic mass is 10.1. The summed E-state index contributed by atoms with van der Waals surface area (Å²) in [5.41, 5.74) is 0.629. The van der Waals surface area contributed by atoms with Crippen molar-refractivity contribution in [3.8, 4) is 23.0 Å². The lowest BCUT2D eigenvalue weighted by Crippen LogP contribution is -2.10. The van der Waals surface area contributed by atoms with Gasteiger partial charge < -0.3 is 23.7 Å². The third kappa shape index (κ3) is 5.16. The van der Waals surface area contributed by atoms with Crippen LogP contribution in [0, 0.1) is 0 Å². The zero-order chi connectivity index (χ0) is 27.7. The van der Waals surface area contributed by atoms with E-state index in [1.54, 1.807) is 42.5 Å². The molecule has 1 aromatic heterocycles. The van der Waals surface area contributed by atoms with E-state index in [0.717, 1.165) is 10.1 Å². The minimum Gasteiger partial charge on any atom is -0.493 e. The number of esters is 2. The maximum absolute atomic E-state index is 13.1. The van der Waals surface area contributed by atoms with Gasteiger partial charge in [0.25, 0.3) is 0 Å². The third-order valence-corrected chi connectivity index (χ3v) is 7.60. The van der Waals surface area contributed by atoms with Crippen molar-refractivity contribution in [2.24, 2.45) is 4.99 Å². The topological polar surface area (TPSA) is 92.7 Å². The van der Waals surface area contributed by atoms with Gasteiger partial charge in [-0.3, -0.25) is 0 Å². The molecule has 11 heteroatoms. The largest absolute Gasteiger partial charge is 0.493 e. The Morgan fingerprint density at radius 3 is 2.36 bits per heavy atom. The maximum Gasteiger partial charge on any atom is 0.363 e. The molecule has 0 bridgehead atoms. The molecule has 198 valence electrons. The molecule has 0 spiro atoms. The van der Waals surface area contributed by atoms with Crippen LogP contribution in [-0.2, 0) is 9.53 Å². The first-order valence-electron chi connectivity index (χ1n) is 11.3. The minimum absolute atomic E-state index is 0.0211. The zero-order valence-electron chi connectivity index (χ0n) is 20.7. The molecule has 5 rings (SSSR count). The van der Waals surface area contributed by atoms with Crippen LogP contribution in [0.2, 0.25) is 10.0 Å². The van der Waals surface area contributed by atoms with Crippen molar-refractivity contribution in [1.29, 1.82) is 0 Å². The molecule has 0 N–H and O–H groups in total. The van der Waals surface area contributed by atoms with Crippen LogP contribution in [0.1, 0.15) is 20.8 Å². The highest BCUT2D eigenvalue weighted by Gasteiger charge is 2.28. The average molecular weight is 584 g/mol. The highest BCUT2D eigenvalue weighted by Crippen LogP contribution is 2.40. The number of benzene rings is 3. The van der Waals surface area contributed by atoms with Crippen LogP contribution in [0.15, 0.2) is 65.3 Å². The molecule has 3 aromatic carbocycles. The molecule has 2 heterocycles. The van der Waals surface area contributed by atoms with E-state index in [1.807, 2.05) is 0 Å². The molecule has 0 radical (unpaired) electrons. The fourth-order valence-electron chi connectivity index (χ4n) is 3.88. The van der Waals surface area contributed by atoms with Crippen molar-refractivity contribution >= 4 is 68.5 Å². The second-order valence-electron chi connectivity index (χ2n) is 8.06. The summed E-state index contributed by atoms with van der Waals surface area (Å²) < 4.78 is 27.9. The molecular formula is C28H19Cl2NO7S. The number of methoxy groups -OCH3 is 3. The predicted octanol–water partition coefficient (Wildman–Crippen LogP) is 6.80. The van der Waals surface area contributed by atoms with Gasteiger partial charge in [-0.1, -0.05) is 47.5 Å². The van der Waals surface area contributed by atoms with Crippen LogP contribution in [0.3, 0.4) is 0 Å². The maximum atomic E-state index is 13.1. The number of ether oxygens (including phenoxy) is 5. The molecular weight excluding hydrogens is 565 g/mol. The summed E-state index contributed by atoms with van der Waals surface area (Å²) in [5, 5.41) is 1.76. The van der Waals surface area contributed by atoms with E-state index in [9.17, 15) is 9.59 Å². The average Bonchev–Trinajstić information content (AvgIpc) is 3.46. The van der Waals surface area contributed by atoms with Gasteiger partial charge in [0.15, 0.2) is 17.2 Å². The monoisotopic (exact) mass is 583 g/mol. The van der Waals surface area contributed by atoms with Crippen LogP contribution in [0.5, 0.6) is 23.0 Å². The second-order valence-corrected chi connectivity index (χ2v) is 9.93. The lowest BCUT2D eigenvalue weighted by Gasteiger charge is -2.14. The molecule has 8 nitrogen and oxygen atoms in total. The highest BCUT2D eigenvalue weighted by atomic mass is 35.5. The van der Waals surface area contributed by atoms with Crippen LogP contribution in [0.25, 0.3) is 16.2 Å². The Balaban J connectivity index is 1.46. The summed E-state index contributed by atoms with van der Waals surface area (Å²) in [6.45, 7) is 0. The number of halogens is 2. The molecule has 0 unspecified atom stereocenters. The number of carbonyl (C=O) groups excluding carboxylic acids is 2. The number of fused-ring (bicyclic) bond motifs is 1. The summed E-state index contributed by atoms with van der Waals surface area (Å²) in [6, 6.07) is 15.0. The number of cyclic esters (lactones) is 1. The van der Waals surface area contributed by atoms with Gasteiger partial charge in [0.1, 0.15) is 10.6 Å². The number of hydrogen-bond acceptors (Lipinski definition) is 9. The molecule has 0 fully saturated rings. The summed E-state index contributed by atoms with van der Waals surface area (Å²) in [7, 11) is 4.36. The van der Waals surface area contributed by atoms with E-state index in [-0.39, 0.29) is 22.9 Å². The first kappa shape index (κ1) is 26.6. The first-order valence-corrected chi connectivity index (χ1v) is 12.9. The van der Waals surface area contributed by atoms with E-state index in [0.29, 0.717) is 37.7 Å². The van der Waals surface area contributed by atoms with Crippen LogP contribution in [-0.4, -0.2) is 39.2 Å². The standard InChI is InChI=1S/C28H19Cl2NO7S/c1-34-20-11-15(12-21(35-2)24(20)36-3)27(32)37-19-7-5-4-6-14(19)10-18-28(33)38-26(31-18)25-23(30)17-9-8-16(29)13-22(17)39-25/h4-13H,1-3H3/b18-10+. The number of aliphatic imine (C=N–C) groups is 1. The van der Waals surface area contributed by atoms with Crippen molar-refractivity contribution in [2.45, 2.75) is 0 Å². The minimum atomic E-state index is -0.672.